The molecular formula is C14H18BrN3. The Balaban J connectivity index is 2.18. The topological polar surface area (TPSA) is 29.9 Å². The van der Waals surface area contributed by atoms with Crippen LogP contribution in [0, 0.1) is 6.92 Å². The van der Waals surface area contributed by atoms with E-state index in [0.717, 1.165) is 22.7 Å². The molecule has 0 aliphatic rings. The standard InChI is InChI=1S/C14H18BrN3/c1-3-4-8-18-9-7-16-14(18)17-13-10-11(2)5-6-12(13)15/h5-7,9-10H,3-4,8H2,1-2H3,(H,16,17). The maximum Gasteiger partial charge on any atom is 0.207 e. The number of rotatable bonds is 5. The quantitative estimate of drug-likeness (QED) is 0.881. The molecule has 1 heterocycles. The fraction of sp³-hybridized carbons (Fsp3) is 0.357. The van der Waals surface area contributed by atoms with Gasteiger partial charge in [0, 0.05) is 23.4 Å². The van der Waals surface area contributed by atoms with Crippen LogP contribution in [-0.2, 0) is 6.54 Å². The van der Waals surface area contributed by atoms with Crippen LogP contribution in [-0.4, -0.2) is 9.55 Å². The molecule has 0 saturated heterocycles. The van der Waals surface area contributed by atoms with Crippen LogP contribution in [0.2, 0.25) is 0 Å². The Kier molecular flexibility index (Phi) is 4.42. The van der Waals surface area contributed by atoms with E-state index < -0.39 is 0 Å². The van der Waals surface area contributed by atoms with Gasteiger partial charge in [-0.2, -0.15) is 0 Å². The number of anilines is 2. The van der Waals surface area contributed by atoms with Crippen LogP contribution in [0.15, 0.2) is 35.1 Å². The second kappa shape index (κ2) is 6.05. The number of nitrogens with one attached hydrogen (secondary N) is 1. The summed E-state index contributed by atoms with van der Waals surface area (Å²) in [5, 5.41) is 3.38. The van der Waals surface area contributed by atoms with Crippen LogP contribution in [0.3, 0.4) is 0 Å². The van der Waals surface area contributed by atoms with Crippen molar-refractivity contribution in [2.75, 3.05) is 5.32 Å². The predicted molar refractivity (Wildman–Crippen MR) is 79.3 cm³/mol. The number of nitrogens with zero attached hydrogens (tertiary/aromatic N) is 2. The van der Waals surface area contributed by atoms with Crippen molar-refractivity contribution >= 4 is 27.6 Å². The third-order valence-electron chi connectivity index (χ3n) is 2.84. The SMILES string of the molecule is CCCCn1ccnc1Nc1cc(C)ccc1Br. The van der Waals surface area contributed by atoms with Crippen LogP contribution in [0.1, 0.15) is 25.3 Å². The van der Waals surface area contributed by atoms with Gasteiger partial charge in [0.25, 0.3) is 0 Å². The molecule has 0 radical (unpaired) electrons. The minimum absolute atomic E-state index is 0.898. The number of aromatic nitrogens is 2. The van der Waals surface area contributed by atoms with Gasteiger partial charge in [0.15, 0.2) is 0 Å². The normalized spacial score (nSPS) is 10.6. The lowest BCUT2D eigenvalue weighted by Gasteiger charge is -2.11. The smallest absolute Gasteiger partial charge is 0.207 e. The maximum absolute atomic E-state index is 4.37. The lowest BCUT2D eigenvalue weighted by Crippen LogP contribution is -2.03. The molecule has 0 saturated carbocycles. The summed E-state index contributed by atoms with van der Waals surface area (Å²) >= 11 is 3.55. The van der Waals surface area contributed by atoms with E-state index >= 15 is 0 Å². The van der Waals surface area contributed by atoms with E-state index in [9.17, 15) is 0 Å². The van der Waals surface area contributed by atoms with Gasteiger partial charge in [0.05, 0.1) is 5.69 Å². The first kappa shape index (κ1) is 13.1. The number of unbranched alkanes of at least 4 members (excludes halogenated alkanes) is 1. The zero-order chi connectivity index (χ0) is 13.0. The van der Waals surface area contributed by atoms with Crippen molar-refractivity contribution in [1.29, 1.82) is 0 Å². The van der Waals surface area contributed by atoms with Gasteiger partial charge in [-0.3, -0.25) is 0 Å². The average molecular weight is 308 g/mol. The number of imidazole rings is 1. The molecular weight excluding hydrogens is 290 g/mol. The Morgan fingerprint density at radius 2 is 2.22 bits per heavy atom. The van der Waals surface area contributed by atoms with Gasteiger partial charge in [0.2, 0.25) is 5.95 Å². The van der Waals surface area contributed by atoms with E-state index in [4.69, 9.17) is 0 Å². The molecule has 1 aromatic carbocycles. The summed E-state index contributed by atoms with van der Waals surface area (Å²) in [5.74, 6) is 0.898. The van der Waals surface area contributed by atoms with Crippen molar-refractivity contribution < 1.29 is 0 Å². The highest BCUT2D eigenvalue weighted by molar-refractivity contribution is 9.10. The van der Waals surface area contributed by atoms with Crippen molar-refractivity contribution in [3.05, 3.63) is 40.6 Å². The molecule has 3 nitrogen and oxygen atoms in total. The average Bonchev–Trinajstić information content (AvgIpc) is 2.79. The van der Waals surface area contributed by atoms with E-state index in [1.807, 2.05) is 12.4 Å². The first-order valence-corrected chi connectivity index (χ1v) is 7.04. The summed E-state index contributed by atoms with van der Waals surface area (Å²) in [5.41, 5.74) is 2.28. The van der Waals surface area contributed by atoms with E-state index in [2.05, 4.69) is 62.8 Å². The minimum atomic E-state index is 0.898. The van der Waals surface area contributed by atoms with Crippen molar-refractivity contribution in [2.45, 2.75) is 33.2 Å². The zero-order valence-corrected chi connectivity index (χ0v) is 12.4. The number of benzene rings is 1. The highest BCUT2D eigenvalue weighted by Gasteiger charge is 2.05. The third kappa shape index (κ3) is 3.13. The lowest BCUT2D eigenvalue weighted by atomic mass is 10.2. The Labute approximate surface area is 116 Å². The molecule has 0 amide bonds. The summed E-state index contributed by atoms with van der Waals surface area (Å²) in [6.07, 6.45) is 6.20. The molecule has 0 aliphatic heterocycles. The van der Waals surface area contributed by atoms with Crippen LogP contribution >= 0.6 is 15.9 Å². The van der Waals surface area contributed by atoms with Crippen molar-refractivity contribution in [2.24, 2.45) is 0 Å². The molecule has 0 atom stereocenters. The number of hydrogen-bond donors (Lipinski definition) is 1. The van der Waals surface area contributed by atoms with Gasteiger partial charge in [-0.25, -0.2) is 4.98 Å². The van der Waals surface area contributed by atoms with Gasteiger partial charge < -0.3 is 9.88 Å². The van der Waals surface area contributed by atoms with E-state index in [1.54, 1.807) is 0 Å². The van der Waals surface area contributed by atoms with Crippen LogP contribution < -0.4 is 5.32 Å². The first-order valence-electron chi connectivity index (χ1n) is 6.25. The summed E-state index contributed by atoms with van der Waals surface area (Å²) in [6.45, 7) is 5.28. The number of hydrogen-bond acceptors (Lipinski definition) is 2. The molecule has 1 aromatic heterocycles. The van der Waals surface area contributed by atoms with Crippen molar-refractivity contribution in [3.63, 3.8) is 0 Å². The molecule has 0 aliphatic carbocycles. The molecule has 2 rings (SSSR count). The first-order chi connectivity index (χ1) is 8.70. The van der Waals surface area contributed by atoms with Gasteiger partial charge in [0.1, 0.15) is 0 Å². The molecule has 0 fully saturated rings. The molecule has 0 unspecified atom stereocenters. The highest BCUT2D eigenvalue weighted by Crippen LogP contribution is 2.26. The van der Waals surface area contributed by atoms with Crippen molar-refractivity contribution in [1.82, 2.24) is 9.55 Å². The largest absolute Gasteiger partial charge is 0.325 e. The van der Waals surface area contributed by atoms with Crippen LogP contribution in [0.5, 0.6) is 0 Å². The van der Waals surface area contributed by atoms with E-state index in [1.165, 1.54) is 18.4 Å². The summed E-state index contributed by atoms with van der Waals surface area (Å²) in [6, 6.07) is 6.25. The fourth-order valence-electron chi connectivity index (χ4n) is 1.80. The molecule has 18 heavy (non-hydrogen) atoms. The summed E-state index contributed by atoms with van der Waals surface area (Å²) < 4.78 is 3.20. The third-order valence-corrected chi connectivity index (χ3v) is 3.53. The second-order valence-electron chi connectivity index (χ2n) is 4.41. The second-order valence-corrected chi connectivity index (χ2v) is 5.26. The molecule has 1 N–H and O–H groups in total. The van der Waals surface area contributed by atoms with Gasteiger partial charge in [-0.1, -0.05) is 19.4 Å². The molecule has 2 aromatic rings. The van der Waals surface area contributed by atoms with E-state index in [-0.39, 0.29) is 0 Å². The lowest BCUT2D eigenvalue weighted by molar-refractivity contribution is 0.638. The van der Waals surface area contributed by atoms with Crippen LogP contribution in [0.25, 0.3) is 0 Å². The van der Waals surface area contributed by atoms with E-state index in [0.29, 0.717) is 0 Å². The maximum atomic E-state index is 4.37. The van der Waals surface area contributed by atoms with Gasteiger partial charge >= 0.3 is 0 Å². The predicted octanol–water partition coefficient (Wildman–Crippen LogP) is 4.50. The van der Waals surface area contributed by atoms with Crippen LogP contribution in [0.4, 0.5) is 11.6 Å². The number of halogens is 1. The zero-order valence-electron chi connectivity index (χ0n) is 10.8. The molecule has 4 heteroatoms. The summed E-state index contributed by atoms with van der Waals surface area (Å²) in [7, 11) is 0. The Bertz CT molecular complexity index is 520. The highest BCUT2D eigenvalue weighted by atomic mass is 79.9. The Hall–Kier alpha value is -1.29. The van der Waals surface area contributed by atoms with Gasteiger partial charge in [-0.15, -0.1) is 0 Å². The van der Waals surface area contributed by atoms with Gasteiger partial charge in [-0.05, 0) is 47.0 Å². The monoisotopic (exact) mass is 307 g/mol. The molecule has 0 spiro atoms. The number of aryl methyl sites for hydroxylation is 2. The molecule has 96 valence electrons. The minimum Gasteiger partial charge on any atom is -0.325 e. The summed E-state index contributed by atoms with van der Waals surface area (Å²) in [4.78, 5) is 4.37. The Morgan fingerprint density at radius 3 is 3.00 bits per heavy atom. The van der Waals surface area contributed by atoms with Crippen molar-refractivity contribution in [3.8, 4) is 0 Å². The Morgan fingerprint density at radius 1 is 1.39 bits per heavy atom. The molecule has 0 bridgehead atoms. The fourth-order valence-corrected chi connectivity index (χ4v) is 2.14.